The van der Waals surface area contributed by atoms with E-state index in [1.54, 1.807) is 0 Å². The van der Waals surface area contributed by atoms with Crippen LogP contribution in [0.3, 0.4) is 0 Å². The molecule has 1 aliphatic heterocycles. The van der Waals surface area contributed by atoms with Crippen LogP contribution in [0, 0.1) is 13.8 Å². The second kappa shape index (κ2) is 4.98. The van der Waals surface area contributed by atoms with E-state index in [0.717, 1.165) is 18.5 Å². The molecule has 0 radical (unpaired) electrons. The van der Waals surface area contributed by atoms with E-state index in [9.17, 15) is 5.11 Å². The maximum atomic E-state index is 10.3. The van der Waals surface area contributed by atoms with E-state index >= 15 is 0 Å². The van der Waals surface area contributed by atoms with E-state index in [1.807, 2.05) is 0 Å². The van der Waals surface area contributed by atoms with Crippen molar-refractivity contribution >= 4 is 0 Å². The summed E-state index contributed by atoms with van der Waals surface area (Å²) in [7, 11) is 0. The van der Waals surface area contributed by atoms with Crippen LogP contribution >= 0.6 is 0 Å². The van der Waals surface area contributed by atoms with Crippen LogP contribution < -0.4 is 5.32 Å². The average molecular weight is 219 g/mol. The van der Waals surface area contributed by atoms with Gasteiger partial charge >= 0.3 is 0 Å². The monoisotopic (exact) mass is 219 g/mol. The Kier molecular flexibility index (Phi) is 3.62. The molecule has 1 fully saturated rings. The zero-order chi connectivity index (χ0) is 11.5. The molecule has 2 atom stereocenters. The van der Waals surface area contributed by atoms with Gasteiger partial charge in [-0.1, -0.05) is 35.7 Å². The molecule has 1 saturated heterocycles. The summed E-state index contributed by atoms with van der Waals surface area (Å²) in [5, 5.41) is 13.7. The average Bonchev–Trinajstić information content (AvgIpc) is 2.28. The molecule has 2 heteroatoms. The second-order valence-electron chi connectivity index (χ2n) is 4.92. The highest BCUT2D eigenvalue weighted by Crippen LogP contribution is 2.24. The predicted octanol–water partition coefficient (Wildman–Crippen LogP) is 2.48. The summed E-state index contributed by atoms with van der Waals surface area (Å²) in [6.07, 6.45) is 3.17. The van der Waals surface area contributed by atoms with Gasteiger partial charge < -0.3 is 10.4 Å². The summed E-state index contributed by atoms with van der Waals surface area (Å²) in [5.74, 6) is 0. The molecule has 2 rings (SSSR count). The van der Waals surface area contributed by atoms with Crippen molar-refractivity contribution in [2.75, 3.05) is 6.54 Å². The Morgan fingerprint density at radius 3 is 2.44 bits per heavy atom. The van der Waals surface area contributed by atoms with Gasteiger partial charge in [0, 0.05) is 6.04 Å². The standard InChI is InChI=1S/C14H21NO/c1-10-7-11(2)9-12(8-10)14(16)13-5-3-4-6-15-13/h7-9,13-16H,3-6H2,1-2H3. The van der Waals surface area contributed by atoms with Crippen molar-refractivity contribution in [3.63, 3.8) is 0 Å². The van der Waals surface area contributed by atoms with Gasteiger partial charge in [0.15, 0.2) is 0 Å². The summed E-state index contributed by atoms with van der Waals surface area (Å²) < 4.78 is 0. The Morgan fingerprint density at radius 1 is 1.19 bits per heavy atom. The van der Waals surface area contributed by atoms with Crippen molar-refractivity contribution in [2.24, 2.45) is 0 Å². The first kappa shape index (κ1) is 11.6. The van der Waals surface area contributed by atoms with E-state index in [4.69, 9.17) is 0 Å². The number of piperidine rings is 1. The van der Waals surface area contributed by atoms with Gasteiger partial charge in [-0.05, 0) is 38.8 Å². The molecule has 0 aliphatic carbocycles. The lowest BCUT2D eigenvalue weighted by Gasteiger charge is -2.28. The molecule has 1 heterocycles. The van der Waals surface area contributed by atoms with Crippen LogP contribution in [0.1, 0.15) is 42.1 Å². The van der Waals surface area contributed by atoms with Gasteiger partial charge in [0.2, 0.25) is 0 Å². The van der Waals surface area contributed by atoms with E-state index in [-0.39, 0.29) is 12.1 Å². The third-order valence-corrected chi connectivity index (χ3v) is 3.32. The summed E-state index contributed by atoms with van der Waals surface area (Å²) in [6, 6.07) is 6.56. The molecule has 1 aliphatic rings. The Bertz CT molecular complexity index is 336. The zero-order valence-corrected chi connectivity index (χ0v) is 10.2. The largest absolute Gasteiger partial charge is 0.387 e. The lowest BCUT2D eigenvalue weighted by atomic mass is 9.93. The van der Waals surface area contributed by atoms with Gasteiger partial charge in [-0.3, -0.25) is 0 Å². The molecule has 0 amide bonds. The van der Waals surface area contributed by atoms with Crippen molar-refractivity contribution < 1.29 is 5.11 Å². The minimum absolute atomic E-state index is 0.231. The van der Waals surface area contributed by atoms with Crippen LogP contribution in [0.2, 0.25) is 0 Å². The van der Waals surface area contributed by atoms with Crippen molar-refractivity contribution in [1.29, 1.82) is 0 Å². The number of aliphatic hydroxyl groups is 1. The number of rotatable bonds is 2. The Balaban J connectivity index is 2.15. The number of hydrogen-bond donors (Lipinski definition) is 2. The number of aryl methyl sites for hydroxylation is 2. The van der Waals surface area contributed by atoms with Crippen LogP contribution in [-0.2, 0) is 0 Å². The lowest BCUT2D eigenvalue weighted by molar-refractivity contribution is 0.114. The van der Waals surface area contributed by atoms with Crippen molar-refractivity contribution in [3.05, 3.63) is 34.9 Å². The molecule has 0 bridgehead atoms. The lowest BCUT2D eigenvalue weighted by Crippen LogP contribution is -2.38. The minimum Gasteiger partial charge on any atom is -0.387 e. The predicted molar refractivity (Wildman–Crippen MR) is 66.5 cm³/mol. The topological polar surface area (TPSA) is 32.3 Å². The van der Waals surface area contributed by atoms with E-state index in [0.29, 0.717) is 0 Å². The first-order chi connectivity index (χ1) is 7.66. The molecule has 0 saturated carbocycles. The molecule has 2 N–H and O–H groups in total. The highest BCUT2D eigenvalue weighted by atomic mass is 16.3. The number of nitrogens with one attached hydrogen (secondary N) is 1. The first-order valence-electron chi connectivity index (χ1n) is 6.16. The Labute approximate surface area is 97.7 Å². The zero-order valence-electron chi connectivity index (χ0n) is 10.2. The van der Waals surface area contributed by atoms with Crippen LogP contribution in [0.5, 0.6) is 0 Å². The summed E-state index contributed by atoms with van der Waals surface area (Å²) in [4.78, 5) is 0. The van der Waals surface area contributed by atoms with E-state index in [1.165, 1.54) is 24.0 Å². The number of hydrogen-bond acceptors (Lipinski definition) is 2. The third-order valence-electron chi connectivity index (χ3n) is 3.32. The van der Waals surface area contributed by atoms with Crippen LogP contribution in [0.15, 0.2) is 18.2 Å². The van der Waals surface area contributed by atoms with E-state index < -0.39 is 0 Å². The summed E-state index contributed by atoms with van der Waals surface area (Å²) in [5.41, 5.74) is 3.51. The van der Waals surface area contributed by atoms with Crippen LogP contribution in [0.4, 0.5) is 0 Å². The van der Waals surface area contributed by atoms with Gasteiger partial charge in [-0.15, -0.1) is 0 Å². The van der Waals surface area contributed by atoms with E-state index in [2.05, 4.69) is 37.4 Å². The number of benzene rings is 1. The maximum absolute atomic E-state index is 10.3. The minimum atomic E-state index is -0.362. The molecule has 88 valence electrons. The Morgan fingerprint density at radius 2 is 1.88 bits per heavy atom. The van der Waals surface area contributed by atoms with Crippen molar-refractivity contribution in [2.45, 2.75) is 45.3 Å². The third kappa shape index (κ3) is 2.63. The van der Waals surface area contributed by atoms with Crippen molar-refractivity contribution in [1.82, 2.24) is 5.32 Å². The fraction of sp³-hybridized carbons (Fsp3) is 0.571. The van der Waals surface area contributed by atoms with Gasteiger partial charge in [-0.2, -0.15) is 0 Å². The normalized spacial score (nSPS) is 23.1. The smallest absolute Gasteiger partial charge is 0.0943 e. The van der Waals surface area contributed by atoms with Crippen LogP contribution in [0.25, 0.3) is 0 Å². The van der Waals surface area contributed by atoms with Gasteiger partial charge in [0.05, 0.1) is 6.10 Å². The molecule has 2 unspecified atom stereocenters. The molecule has 1 aromatic rings. The fourth-order valence-electron chi connectivity index (χ4n) is 2.56. The summed E-state index contributed by atoms with van der Waals surface area (Å²) >= 11 is 0. The van der Waals surface area contributed by atoms with Gasteiger partial charge in [0.1, 0.15) is 0 Å². The molecular formula is C14H21NO. The molecule has 0 spiro atoms. The quantitative estimate of drug-likeness (QED) is 0.801. The number of aliphatic hydroxyl groups excluding tert-OH is 1. The van der Waals surface area contributed by atoms with Gasteiger partial charge in [-0.25, -0.2) is 0 Å². The van der Waals surface area contributed by atoms with Crippen LogP contribution in [-0.4, -0.2) is 17.7 Å². The molecular weight excluding hydrogens is 198 g/mol. The molecule has 0 aromatic heterocycles. The van der Waals surface area contributed by atoms with Gasteiger partial charge in [0.25, 0.3) is 0 Å². The molecule has 1 aromatic carbocycles. The second-order valence-corrected chi connectivity index (χ2v) is 4.92. The SMILES string of the molecule is Cc1cc(C)cc(C(O)C2CCCCN2)c1. The highest BCUT2D eigenvalue weighted by molar-refractivity contribution is 5.30. The fourth-order valence-corrected chi connectivity index (χ4v) is 2.56. The molecule has 16 heavy (non-hydrogen) atoms. The summed E-state index contributed by atoms with van der Waals surface area (Å²) in [6.45, 7) is 5.20. The first-order valence-corrected chi connectivity index (χ1v) is 6.16. The Hall–Kier alpha value is -0.860. The molecule has 2 nitrogen and oxygen atoms in total. The van der Waals surface area contributed by atoms with Crippen molar-refractivity contribution in [3.8, 4) is 0 Å². The maximum Gasteiger partial charge on any atom is 0.0943 e. The highest BCUT2D eigenvalue weighted by Gasteiger charge is 2.22.